The summed E-state index contributed by atoms with van der Waals surface area (Å²) in [5.41, 5.74) is 8.71. The minimum Gasteiger partial charge on any atom is -0.478 e. The normalized spacial score (nSPS) is 9.59. The molecule has 0 heterocycles. The van der Waals surface area contributed by atoms with Crippen molar-refractivity contribution in [3.05, 3.63) is 64.2 Å². The van der Waals surface area contributed by atoms with Crippen LogP contribution in [0.4, 0.5) is 5.69 Å². The van der Waals surface area contributed by atoms with Gasteiger partial charge in [0.25, 0.3) is 0 Å². The van der Waals surface area contributed by atoms with Crippen LogP contribution in [-0.2, 0) is 0 Å². The number of hydrogen-bond donors (Lipinski definition) is 3. The van der Waals surface area contributed by atoms with Crippen molar-refractivity contribution in [3.8, 4) is 0 Å². The van der Waals surface area contributed by atoms with E-state index in [9.17, 15) is 9.59 Å². The number of aryl methyl sites for hydroxylation is 3. The van der Waals surface area contributed by atoms with Gasteiger partial charge in [-0.15, -0.1) is 0 Å². The predicted molar refractivity (Wildman–Crippen MR) is 85.4 cm³/mol. The van der Waals surface area contributed by atoms with E-state index in [2.05, 4.69) is 0 Å². The van der Waals surface area contributed by atoms with E-state index in [4.69, 9.17) is 15.9 Å². The molecule has 0 saturated heterocycles. The van der Waals surface area contributed by atoms with Gasteiger partial charge in [0, 0.05) is 5.69 Å². The Bertz CT molecular complexity index is 606. The van der Waals surface area contributed by atoms with E-state index in [-0.39, 0.29) is 5.56 Å². The van der Waals surface area contributed by atoms with Gasteiger partial charge in [-0.25, -0.2) is 9.59 Å². The fourth-order valence-corrected chi connectivity index (χ4v) is 2.13. The van der Waals surface area contributed by atoms with Crippen molar-refractivity contribution >= 4 is 17.6 Å². The number of carbonyl (C=O) groups is 2. The van der Waals surface area contributed by atoms with Crippen molar-refractivity contribution in [1.82, 2.24) is 0 Å². The Morgan fingerprint density at radius 2 is 1.14 bits per heavy atom. The molecule has 0 fully saturated rings. The lowest BCUT2D eigenvalue weighted by atomic mass is 10.0. The number of carboxylic acid groups (broad SMARTS) is 2. The lowest BCUT2D eigenvalue weighted by molar-refractivity contribution is 0.0685. The summed E-state index contributed by atoms with van der Waals surface area (Å²) in [6, 6.07) is 10.5. The van der Waals surface area contributed by atoms with Crippen LogP contribution in [0.5, 0.6) is 0 Å². The summed E-state index contributed by atoms with van der Waals surface area (Å²) in [5.74, 6) is -1.82. The number of rotatable bonds is 2. The maximum atomic E-state index is 10.6. The van der Waals surface area contributed by atoms with Crippen LogP contribution in [0.25, 0.3) is 0 Å². The van der Waals surface area contributed by atoms with Crippen LogP contribution in [0.15, 0.2) is 36.4 Å². The lowest BCUT2D eigenvalue weighted by Crippen LogP contribution is -2.04. The lowest BCUT2D eigenvalue weighted by Gasteiger charge is -2.02. The van der Waals surface area contributed by atoms with E-state index in [0.717, 1.165) is 11.1 Å². The van der Waals surface area contributed by atoms with Crippen molar-refractivity contribution in [2.24, 2.45) is 0 Å². The summed E-state index contributed by atoms with van der Waals surface area (Å²) in [6.07, 6.45) is 0. The van der Waals surface area contributed by atoms with Gasteiger partial charge in [0.05, 0.1) is 11.1 Å². The van der Waals surface area contributed by atoms with Crippen LogP contribution in [0.2, 0.25) is 0 Å². The van der Waals surface area contributed by atoms with Crippen molar-refractivity contribution in [2.45, 2.75) is 20.8 Å². The number of carboxylic acids is 2. The number of hydrogen-bond acceptors (Lipinski definition) is 3. The molecular formula is C17H19NO4. The van der Waals surface area contributed by atoms with E-state index in [1.807, 2.05) is 6.07 Å². The molecule has 0 aliphatic rings. The molecule has 0 amide bonds. The average Bonchev–Trinajstić information content (AvgIpc) is 2.38. The number of aromatic carboxylic acids is 2. The van der Waals surface area contributed by atoms with Gasteiger partial charge in [-0.05, 0) is 43.5 Å². The molecular weight excluding hydrogens is 282 g/mol. The Morgan fingerprint density at radius 1 is 0.773 bits per heavy atom. The van der Waals surface area contributed by atoms with Crippen molar-refractivity contribution in [3.63, 3.8) is 0 Å². The monoisotopic (exact) mass is 301 g/mol. The van der Waals surface area contributed by atoms with E-state index in [1.165, 1.54) is 0 Å². The van der Waals surface area contributed by atoms with Gasteiger partial charge in [-0.3, -0.25) is 0 Å². The molecule has 0 unspecified atom stereocenters. The highest BCUT2D eigenvalue weighted by atomic mass is 16.4. The molecule has 0 saturated carbocycles. The second-order valence-corrected chi connectivity index (χ2v) is 4.92. The summed E-state index contributed by atoms with van der Waals surface area (Å²) in [4.78, 5) is 21.2. The average molecular weight is 301 g/mol. The fraction of sp³-hybridized carbons (Fsp3) is 0.176. The first-order chi connectivity index (χ1) is 10.3. The Labute approximate surface area is 129 Å². The summed E-state index contributed by atoms with van der Waals surface area (Å²) < 4.78 is 0. The van der Waals surface area contributed by atoms with Crippen molar-refractivity contribution in [2.75, 3.05) is 5.73 Å². The van der Waals surface area contributed by atoms with E-state index >= 15 is 0 Å². The molecule has 2 rings (SSSR count). The molecule has 22 heavy (non-hydrogen) atoms. The molecule has 5 heteroatoms. The largest absolute Gasteiger partial charge is 0.478 e. The molecule has 116 valence electrons. The fourth-order valence-electron chi connectivity index (χ4n) is 2.13. The maximum Gasteiger partial charge on any atom is 0.338 e. The standard InChI is InChI=1S/C9H10O2.C8H9NO2/c1-6-4-3-5-7(2)8(6)9(10)11;1-5-3-2-4-6(9)7(5)8(10)11/h3-5H,1-2H3,(H,10,11);2-4H,9H2,1H3,(H,10,11). The van der Waals surface area contributed by atoms with Gasteiger partial charge in [-0.1, -0.05) is 30.3 Å². The molecule has 2 aromatic carbocycles. The molecule has 0 spiro atoms. The molecule has 0 aromatic heterocycles. The Morgan fingerprint density at radius 3 is 1.41 bits per heavy atom. The van der Waals surface area contributed by atoms with Gasteiger partial charge in [0.15, 0.2) is 0 Å². The molecule has 0 aliphatic carbocycles. The second kappa shape index (κ2) is 7.26. The first-order valence-electron chi connectivity index (χ1n) is 6.63. The topological polar surface area (TPSA) is 101 Å². The number of anilines is 1. The molecule has 0 aliphatic heterocycles. The van der Waals surface area contributed by atoms with Crippen LogP contribution in [0.3, 0.4) is 0 Å². The minimum absolute atomic E-state index is 0.201. The Balaban J connectivity index is 0.000000220. The predicted octanol–water partition coefficient (Wildman–Crippen LogP) is 3.28. The smallest absolute Gasteiger partial charge is 0.338 e. The number of nitrogen functional groups attached to an aromatic ring is 1. The van der Waals surface area contributed by atoms with Crippen molar-refractivity contribution in [1.29, 1.82) is 0 Å². The Hall–Kier alpha value is -2.82. The summed E-state index contributed by atoms with van der Waals surface area (Å²) in [6.45, 7) is 5.33. The zero-order valence-electron chi connectivity index (χ0n) is 12.8. The third-order valence-electron chi connectivity index (χ3n) is 3.21. The van der Waals surface area contributed by atoms with E-state index < -0.39 is 11.9 Å². The molecule has 5 nitrogen and oxygen atoms in total. The van der Waals surface area contributed by atoms with Gasteiger partial charge in [0.2, 0.25) is 0 Å². The molecule has 4 N–H and O–H groups in total. The summed E-state index contributed by atoms with van der Waals surface area (Å²) in [7, 11) is 0. The highest BCUT2D eigenvalue weighted by Gasteiger charge is 2.09. The SMILES string of the molecule is Cc1cccc(C)c1C(=O)O.Cc1cccc(N)c1C(=O)O. The quantitative estimate of drug-likeness (QED) is 0.739. The van der Waals surface area contributed by atoms with Crippen LogP contribution in [-0.4, -0.2) is 22.2 Å². The van der Waals surface area contributed by atoms with Gasteiger partial charge in [-0.2, -0.15) is 0 Å². The van der Waals surface area contributed by atoms with Crippen LogP contribution >= 0.6 is 0 Å². The first kappa shape index (κ1) is 17.2. The maximum absolute atomic E-state index is 10.6. The van der Waals surface area contributed by atoms with Gasteiger partial charge >= 0.3 is 11.9 Å². The number of benzene rings is 2. The Kier molecular flexibility index (Phi) is 5.69. The van der Waals surface area contributed by atoms with Crippen molar-refractivity contribution < 1.29 is 19.8 Å². The molecule has 0 bridgehead atoms. The van der Waals surface area contributed by atoms with E-state index in [0.29, 0.717) is 16.8 Å². The molecule has 2 aromatic rings. The van der Waals surface area contributed by atoms with Crippen LogP contribution in [0.1, 0.15) is 37.4 Å². The number of nitrogens with two attached hydrogens (primary N) is 1. The zero-order valence-corrected chi connectivity index (χ0v) is 12.8. The summed E-state index contributed by atoms with van der Waals surface area (Å²) >= 11 is 0. The van der Waals surface area contributed by atoms with E-state index in [1.54, 1.807) is 51.1 Å². The summed E-state index contributed by atoms with van der Waals surface area (Å²) in [5, 5.41) is 17.4. The third kappa shape index (κ3) is 4.09. The second-order valence-electron chi connectivity index (χ2n) is 4.92. The molecule has 0 atom stereocenters. The highest BCUT2D eigenvalue weighted by Crippen LogP contribution is 2.15. The van der Waals surface area contributed by atoms with Crippen LogP contribution in [0, 0.1) is 20.8 Å². The zero-order chi connectivity index (χ0) is 16.9. The van der Waals surface area contributed by atoms with Crippen LogP contribution < -0.4 is 5.73 Å². The first-order valence-corrected chi connectivity index (χ1v) is 6.63. The molecule has 0 radical (unpaired) electrons. The van der Waals surface area contributed by atoms with Gasteiger partial charge < -0.3 is 15.9 Å². The van der Waals surface area contributed by atoms with Gasteiger partial charge in [0.1, 0.15) is 0 Å². The highest BCUT2D eigenvalue weighted by molar-refractivity contribution is 5.95. The third-order valence-corrected chi connectivity index (χ3v) is 3.21. The minimum atomic E-state index is -0.972.